The molecule has 4 aromatic rings. The summed E-state index contributed by atoms with van der Waals surface area (Å²) in [5, 5.41) is 19.5. The zero-order valence-electron chi connectivity index (χ0n) is 22.6. The monoisotopic (exact) mass is 639 g/mol. The number of ketones is 1. The second-order valence-corrected chi connectivity index (χ2v) is 11.2. The molecule has 5 rings (SSSR count). The number of allylic oxidation sites excluding steroid dienone is 2. The fraction of sp³-hybridized carbons (Fsp3) is 0.207. The SMILES string of the molecule is COC(=O)C(C(=O)C(=O)Nc1c(Cl)cc([N+](=O)[O-])cc1Cl)c1csc(-n2nc(C3=CCCCC3)cc2-c2ccccc2)n1. The molecule has 1 N–H and O–H groups in total. The van der Waals surface area contributed by atoms with E-state index < -0.39 is 34.2 Å². The Morgan fingerprint density at radius 3 is 2.47 bits per heavy atom. The lowest BCUT2D eigenvalue weighted by atomic mass is 9.97. The summed E-state index contributed by atoms with van der Waals surface area (Å²) >= 11 is 13.3. The number of halogens is 2. The lowest BCUT2D eigenvalue weighted by molar-refractivity contribution is -0.384. The van der Waals surface area contributed by atoms with E-state index in [0.717, 1.165) is 78.8 Å². The summed E-state index contributed by atoms with van der Waals surface area (Å²) < 4.78 is 6.49. The predicted molar refractivity (Wildman–Crippen MR) is 163 cm³/mol. The molecule has 0 saturated carbocycles. The standard InChI is InChI=1S/C29H23Cl2N5O6S/c1-42-28(39)24(26(37)27(38)33-25-19(30)12-18(36(40)41)13-20(25)31)22-15-43-29(32-22)35-23(17-10-6-3-7-11-17)14-21(34-35)16-8-4-2-5-9-16/h3,6-8,10-15,24H,2,4-5,9H2,1H3,(H,33,38). The smallest absolute Gasteiger partial charge is 0.323 e. The molecule has 2 heterocycles. The normalized spacial score (nSPS) is 13.6. The van der Waals surface area contributed by atoms with Crippen LogP contribution in [0.3, 0.4) is 0 Å². The van der Waals surface area contributed by atoms with Gasteiger partial charge in [0.2, 0.25) is 10.9 Å². The molecule has 11 nitrogen and oxygen atoms in total. The number of amides is 1. The van der Waals surface area contributed by atoms with E-state index in [-0.39, 0.29) is 21.4 Å². The average molecular weight is 641 g/mol. The van der Waals surface area contributed by atoms with Crippen LogP contribution >= 0.6 is 34.5 Å². The van der Waals surface area contributed by atoms with Crippen LogP contribution in [-0.4, -0.2) is 44.5 Å². The number of aromatic nitrogens is 3. The van der Waals surface area contributed by atoms with Crippen LogP contribution in [0, 0.1) is 10.1 Å². The Balaban J connectivity index is 1.48. The first-order chi connectivity index (χ1) is 20.7. The highest BCUT2D eigenvalue weighted by Gasteiger charge is 2.37. The second kappa shape index (κ2) is 12.9. The zero-order chi connectivity index (χ0) is 30.7. The van der Waals surface area contributed by atoms with E-state index in [1.54, 1.807) is 4.68 Å². The fourth-order valence-electron chi connectivity index (χ4n) is 4.65. The van der Waals surface area contributed by atoms with Gasteiger partial charge in [0, 0.05) is 23.1 Å². The number of benzene rings is 2. The molecule has 2 aromatic carbocycles. The highest BCUT2D eigenvalue weighted by atomic mass is 35.5. The third-order valence-electron chi connectivity index (χ3n) is 6.78. The molecule has 0 bridgehead atoms. The molecule has 14 heteroatoms. The van der Waals surface area contributed by atoms with E-state index in [1.165, 1.54) is 5.38 Å². The van der Waals surface area contributed by atoms with E-state index in [1.807, 2.05) is 36.4 Å². The number of nitro benzene ring substituents is 1. The van der Waals surface area contributed by atoms with Crippen LogP contribution < -0.4 is 5.32 Å². The van der Waals surface area contributed by atoms with E-state index in [4.69, 9.17) is 33.0 Å². The largest absolute Gasteiger partial charge is 0.468 e. The number of hydrogen-bond acceptors (Lipinski definition) is 9. The number of nitrogens with zero attached hydrogens (tertiary/aromatic N) is 4. The molecule has 0 fully saturated rings. The van der Waals surface area contributed by atoms with E-state index in [0.29, 0.717) is 5.13 Å². The molecule has 43 heavy (non-hydrogen) atoms. The van der Waals surface area contributed by atoms with Crippen molar-refractivity contribution in [3.8, 4) is 16.4 Å². The lowest BCUT2D eigenvalue weighted by Gasteiger charge is -2.13. The molecule has 1 atom stereocenters. The summed E-state index contributed by atoms with van der Waals surface area (Å²) in [5.41, 5.74) is 2.98. The Bertz CT molecular complexity index is 1740. The van der Waals surface area contributed by atoms with Gasteiger partial charge in [0.1, 0.15) is 0 Å². The Morgan fingerprint density at radius 2 is 1.84 bits per heavy atom. The molecule has 220 valence electrons. The van der Waals surface area contributed by atoms with Crippen molar-refractivity contribution in [2.45, 2.75) is 31.6 Å². The van der Waals surface area contributed by atoms with Crippen LogP contribution in [0.25, 0.3) is 22.0 Å². The third kappa shape index (κ3) is 6.36. The molecule has 1 aliphatic rings. The minimum Gasteiger partial charge on any atom is -0.468 e. The topological polar surface area (TPSA) is 146 Å². The van der Waals surface area contributed by atoms with E-state index in [2.05, 4.69) is 16.4 Å². The van der Waals surface area contributed by atoms with Gasteiger partial charge in [-0.2, -0.15) is 5.10 Å². The summed E-state index contributed by atoms with van der Waals surface area (Å²) in [7, 11) is 1.09. The molecule has 1 aliphatic carbocycles. The number of thiazole rings is 1. The molecule has 0 spiro atoms. The molecule has 2 aromatic heterocycles. The van der Waals surface area contributed by atoms with Crippen LogP contribution in [0.15, 0.2) is 60.0 Å². The molecule has 0 aliphatic heterocycles. The molecule has 0 radical (unpaired) electrons. The van der Waals surface area contributed by atoms with Gasteiger partial charge < -0.3 is 10.1 Å². The number of esters is 1. The average Bonchev–Trinajstić information content (AvgIpc) is 3.67. The van der Waals surface area contributed by atoms with Gasteiger partial charge >= 0.3 is 5.97 Å². The van der Waals surface area contributed by atoms with Gasteiger partial charge in [-0.3, -0.25) is 24.5 Å². The van der Waals surface area contributed by atoms with Crippen molar-refractivity contribution in [2.75, 3.05) is 12.4 Å². The predicted octanol–water partition coefficient (Wildman–Crippen LogP) is 6.63. The number of hydrogen-bond donors (Lipinski definition) is 1. The van der Waals surface area contributed by atoms with Crippen molar-refractivity contribution in [2.24, 2.45) is 0 Å². The maximum absolute atomic E-state index is 13.3. The number of anilines is 1. The second-order valence-electron chi connectivity index (χ2n) is 9.54. The fourth-order valence-corrected chi connectivity index (χ4v) is 6.03. The number of non-ortho nitro benzene ring substituents is 1. The van der Waals surface area contributed by atoms with Crippen LogP contribution in [0.5, 0.6) is 0 Å². The quantitative estimate of drug-likeness (QED) is 0.0705. The van der Waals surface area contributed by atoms with Gasteiger partial charge in [-0.15, -0.1) is 11.3 Å². The minimum absolute atomic E-state index is 0.0131. The van der Waals surface area contributed by atoms with Crippen molar-refractivity contribution in [3.63, 3.8) is 0 Å². The Kier molecular flexibility index (Phi) is 9.00. The summed E-state index contributed by atoms with van der Waals surface area (Å²) in [4.78, 5) is 54.0. The van der Waals surface area contributed by atoms with Gasteiger partial charge in [0.15, 0.2) is 5.92 Å². The Morgan fingerprint density at radius 1 is 1.12 bits per heavy atom. The molecule has 0 saturated heterocycles. The molecule has 1 unspecified atom stereocenters. The maximum Gasteiger partial charge on any atom is 0.323 e. The highest BCUT2D eigenvalue weighted by molar-refractivity contribution is 7.12. The van der Waals surface area contributed by atoms with Gasteiger partial charge in [-0.05, 0) is 37.3 Å². The van der Waals surface area contributed by atoms with Gasteiger partial charge in [0.05, 0.1) is 44.8 Å². The minimum atomic E-state index is -1.71. The zero-order valence-corrected chi connectivity index (χ0v) is 24.9. The summed E-state index contributed by atoms with van der Waals surface area (Å²) in [6.07, 6.45) is 6.27. The summed E-state index contributed by atoms with van der Waals surface area (Å²) in [6, 6.07) is 13.6. The van der Waals surface area contributed by atoms with Crippen LogP contribution in [-0.2, 0) is 19.1 Å². The first kappa shape index (κ1) is 30.1. The van der Waals surface area contributed by atoms with Crippen LogP contribution in [0.1, 0.15) is 43.0 Å². The number of ether oxygens (including phenoxy) is 1. The van der Waals surface area contributed by atoms with Crippen LogP contribution in [0.4, 0.5) is 11.4 Å². The number of carbonyl (C=O) groups is 3. The van der Waals surface area contributed by atoms with Gasteiger partial charge in [0.25, 0.3) is 11.6 Å². The first-order valence-corrected chi connectivity index (χ1v) is 14.7. The molecule has 1 amide bonds. The number of carbonyl (C=O) groups excluding carboxylic acids is 3. The lowest BCUT2D eigenvalue weighted by Crippen LogP contribution is -2.33. The summed E-state index contributed by atoms with van der Waals surface area (Å²) in [5.74, 6) is -5.14. The van der Waals surface area contributed by atoms with Crippen LogP contribution in [0.2, 0.25) is 10.0 Å². The van der Waals surface area contributed by atoms with E-state index >= 15 is 0 Å². The first-order valence-electron chi connectivity index (χ1n) is 13.0. The van der Waals surface area contributed by atoms with Crippen molar-refractivity contribution in [1.29, 1.82) is 0 Å². The molecular weight excluding hydrogens is 617 g/mol. The Hall–Kier alpha value is -4.39. The molecular formula is C29H23Cl2N5O6S. The number of nitro groups is 1. The summed E-state index contributed by atoms with van der Waals surface area (Å²) in [6.45, 7) is 0. The van der Waals surface area contributed by atoms with Crippen molar-refractivity contribution >= 4 is 69.1 Å². The number of rotatable bonds is 9. The highest BCUT2D eigenvalue weighted by Crippen LogP contribution is 2.36. The Labute approximate surface area is 259 Å². The third-order valence-corrected chi connectivity index (χ3v) is 8.22. The maximum atomic E-state index is 13.3. The van der Waals surface area contributed by atoms with E-state index in [9.17, 15) is 24.5 Å². The van der Waals surface area contributed by atoms with Gasteiger partial charge in [-0.1, -0.05) is 59.6 Å². The number of methoxy groups -OCH3 is 1. The number of nitrogens with one attached hydrogen (secondary N) is 1. The van der Waals surface area contributed by atoms with Gasteiger partial charge in [-0.25, -0.2) is 9.67 Å². The number of Topliss-reactive ketones (excluding diaryl/α,β-unsaturated/α-hetero) is 1. The van der Waals surface area contributed by atoms with Crippen molar-refractivity contribution in [3.05, 3.63) is 91.5 Å². The van der Waals surface area contributed by atoms with Crippen molar-refractivity contribution in [1.82, 2.24) is 14.8 Å². The van der Waals surface area contributed by atoms with Crippen molar-refractivity contribution < 1.29 is 24.0 Å².